The van der Waals surface area contributed by atoms with Crippen LogP contribution in [-0.2, 0) is 9.53 Å². The summed E-state index contributed by atoms with van der Waals surface area (Å²) in [6.45, 7) is 10.6. The first-order valence-electron chi connectivity index (χ1n) is 8.92. The zero-order chi connectivity index (χ0) is 17.7. The van der Waals surface area contributed by atoms with Gasteiger partial charge in [-0.05, 0) is 78.0 Å². The summed E-state index contributed by atoms with van der Waals surface area (Å²) < 4.78 is 6.21. The van der Waals surface area contributed by atoms with Crippen molar-refractivity contribution in [3.63, 3.8) is 0 Å². The molecule has 130 valence electrons. The van der Waals surface area contributed by atoms with Crippen LogP contribution in [0.2, 0.25) is 0 Å². The highest BCUT2D eigenvalue weighted by molar-refractivity contribution is 6.09. The Morgan fingerprint density at radius 2 is 1.96 bits per heavy atom. The molecule has 0 amide bonds. The van der Waals surface area contributed by atoms with Crippen LogP contribution in [0, 0.1) is 0 Å². The second-order valence-electron chi connectivity index (χ2n) is 7.54. The van der Waals surface area contributed by atoms with Gasteiger partial charge in [-0.3, -0.25) is 4.79 Å². The lowest BCUT2D eigenvalue weighted by atomic mass is 9.88. The first-order chi connectivity index (χ1) is 11.3. The summed E-state index contributed by atoms with van der Waals surface area (Å²) in [7, 11) is 0. The second-order valence-corrected chi connectivity index (χ2v) is 7.54. The first kappa shape index (κ1) is 18.5. The van der Waals surface area contributed by atoms with Crippen molar-refractivity contribution in [3.05, 3.63) is 58.4 Å². The quantitative estimate of drug-likeness (QED) is 0.561. The maximum Gasteiger partial charge on any atom is 0.189 e. The molecule has 24 heavy (non-hydrogen) atoms. The molecule has 0 aromatic carbocycles. The molecule has 0 saturated carbocycles. The van der Waals surface area contributed by atoms with Gasteiger partial charge in [0.2, 0.25) is 0 Å². The molecule has 0 radical (unpaired) electrons. The average molecular weight is 326 g/mol. The summed E-state index contributed by atoms with van der Waals surface area (Å²) in [5, 5.41) is 0. The van der Waals surface area contributed by atoms with Crippen molar-refractivity contribution >= 4 is 5.78 Å². The minimum absolute atomic E-state index is 0.0714. The molecule has 1 unspecified atom stereocenters. The van der Waals surface area contributed by atoms with E-state index in [4.69, 9.17) is 4.74 Å². The molecule has 1 atom stereocenters. The van der Waals surface area contributed by atoms with E-state index < -0.39 is 0 Å². The van der Waals surface area contributed by atoms with E-state index in [2.05, 4.69) is 39.8 Å². The van der Waals surface area contributed by atoms with E-state index in [-0.39, 0.29) is 11.4 Å². The molecule has 2 nitrogen and oxygen atoms in total. The molecule has 1 aliphatic carbocycles. The van der Waals surface area contributed by atoms with Crippen molar-refractivity contribution in [2.24, 2.45) is 0 Å². The molecule has 2 heteroatoms. The Morgan fingerprint density at radius 1 is 1.21 bits per heavy atom. The van der Waals surface area contributed by atoms with Gasteiger partial charge in [-0.1, -0.05) is 29.4 Å². The summed E-state index contributed by atoms with van der Waals surface area (Å²) in [5.41, 5.74) is 4.30. The summed E-state index contributed by atoms with van der Waals surface area (Å²) in [6.07, 6.45) is 15.3. The van der Waals surface area contributed by atoms with Gasteiger partial charge >= 0.3 is 0 Å². The lowest BCUT2D eigenvalue weighted by molar-refractivity contribution is -0.112. The Hall–Kier alpha value is -1.83. The topological polar surface area (TPSA) is 26.3 Å². The van der Waals surface area contributed by atoms with Crippen molar-refractivity contribution in [2.75, 3.05) is 0 Å². The average Bonchev–Trinajstić information content (AvgIpc) is 2.45. The summed E-state index contributed by atoms with van der Waals surface area (Å²) in [6, 6.07) is 0. The molecule has 0 aromatic heterocycles. The molecule has 1 aliphatic heterocycles. The third kappa shape index (κ3) is 5.09. The monoisotopic (exact) mass is 326 g/mol. The van der Waals surface area contributed by atoms with Crippen LogP contribution in [0.15, 0.2) is 58.4 Å². The van der Waals surface area contributed by atoms with Crippen LogP contribution >= 0.6 is 0 Å². The molecule has 1 heterocycles. The normalized spacial score (nSPS) is 23.6. The summed E-state index contributed by atoms with van der Waals surface area (Å²) in [4.78, 5) is 12.0. The van der Waals surface area contributed by atoms with E-state index in [1.807, 2.05) is 19.1 Å². The van der Waals surface area contributed by atoms with Crippen LogP contribution in [0.1, 0.15) is 66.7 Å². The maximum absolute atomic E-state index is 12.0. The fourth-order valence-electron chi connectivity index (χ4n) is 3.11. The smallest absolute Gasteiger partial charge is 0.189 e. The fraction of sp³-hybridized carbons (Fsp3) is 0.500. The number of hydrogen-bond acceptors (Lipinski definition) is 2. The van der Waals surface area contributed by atoms with Crippen molar-refractivity contribution in [3.8, 4) is 0 Å². The Morgan fingerprint density at radius 3 is 2.67 bits per heavy atom. The molecule has 2 rings (SSSR count). The number of ketones is 1. The Balaban J connectivity index is 1.92. The summed E-state index contributed by atoms with van der Waals surface area (Å²) >= 11 is 0. The van der Waals surface area contributed by atoms with E-state index in [0.29, 0.717) is 0 Å². The highest BCUT2D eigenvalue weighted by atomic mass is 16.5. The van der Waals surface area contributed by atoms with E-state index in [1.165, 1.54) is 11.1 Å². The van der Waals surface area contributed by atoms with Crippen molar-refractivity contribution in [1.82, 2.24) is 0 Å². The van der Waals surface area contributed by atoms with Gasteiger partial charge in [0.1, 0.15) is 11.4 Å². The predicted octanol–water partition coefficient (Wildman–Crippen LogP) is 5.98. The van der Waals surface area contributed by atoms with Gasteiger partial charge in [0.05, 0.1) is 5.57 Å². The Bertz CT molecular complexity index is 651. The van der Waals surface area contributed by atoms with Gasteiger partial charge in [0.25, 0.3) is 0 Å². The van der Waals surface area contributed by atoms with Gasteiger partial charge in [0.15, 0.2) is 5.78 Å². The predicted molar refractivity (Wildman–Crippen MR) is 101 cm³/mol. The Labute approximate surface area is 146 Å². The minimum Gasteiger partial charge on any atom is -0.486 e. The zero-order valence-electron chi connectivity index (χ0n) is 15.7. The van der Waals surface area contributed by atoms with Crippen LogP contribution in [-0.4, -0.2) is 11.4 Å². The van der Waals surface area contributed by atoms with Gasteiger partial charge in [0, 0.05) is 6.42 Å². The third-order valence-electron chi connectivity index (χ3n) is 4.60. The van der Waals surface area contributed by atoms with Gasteiger partial charge in [-0.25, -0.2) is 0 Å². The fourth-order valence-corrected chi connectivity index (χ4v) is 3.11. The molecule has 0 N–H and O–H groups in total. The lowest BCUT2D eigenvalue weighted by Gasteiger charge is -2.36. The number of hydrogen-bond donors (Lipinski definition) is 0. The highest BCUT2D eigenvalue weighted by Crippen LogP contribution is 2.36. The van der Waals surface area contributed by atoms with Crippen LogP contribution in [0.25, 0.3) is 0 Å². The number of allylic oxidation sites excluding steroid dienone is 8. The van der Waals surface area contributed by atoms with Crippen LogP contribution < -0.4 is 0 Å². The minimum atomic E-state index is -0.218. The first-order valence-corrected chi connectivity index (χ1v) is 8.92. The highest BCUT2D eigenvalue weighted by Gasteiger charge is 2.33. The van der Waals surface area contributed by atoms with Crippen LogP contribution in [0.4, 0.5) is 0 Å². The second kappa shape index (κ2) is 7.83. The molecule has 0 aromatic rings. The lowest BCUT2D eigenvalue weighted by Crippen LogP contribution is -2.33. The molecular weight excluding hydrogens is 296 g/mol. The van der Waals surface area contributed by atoms with Crippen molar-refractivity contribution in [1.29, 1.82) is 0 Å². The number of carbonyl (C=O) groups excluding carboxylic acids is 1. The van der Waals surface area contributed by atoms with Crippen LogP contribution in [0.3, 0.4) is 0 Å². The van der Waals surface area contributed by atoms with Crippen LogP contribution in [0.5, 0.6) is 0 Å². The van der Waals surface area contributed by atoms with Gasteiger partial charge < -0.3 is 4.74 Å². The molecule has 0 saturated heterocycles. The molecule has 0 bridgehead atoms. The van der Waals surface area contributed by atoms with Gasteiger partial charge in [-0.2, -0.15) is 0 Å². The van der Waals surface area contributed by atoms with Crippen molar-refractivity contribution in [2.45, 2.75) is 72.3 Å². The molecule has 0 spiro atoms. The molecule has 0 fully saturated rings. The summed E-state index contributed by atoms with van der Waals surface area (Å²) in [5.74, 6) is 0.820. The largest absolute Gasteiger partial charge is 0.486 e. The SMILES string of the molecule is CC(C)=CCCC(C)=CCCC1(C)CC=C2C(=O)C=C(C)C=C2O1. The standard InChI is InChI=1S/C22H30O2/c1-16(2)8-6-9-17(3)10-7-12-22(5)13-11-19-20(23)14-18(4)15-21(19)24-22/h8,10-11,14-15H,6-7,9,12-13H2,1-5H3. The van der Waals surface area contributed by atoms with E-state index in [9.17, 15) is 4.79 Å². The third-order valence-corrected chi connectivity index (χ3v) is 4.60. The number of fused-ring (bicyclic) bond motifs is 1. The number of rotatable bonds is 6. The van der Waals surface area contributed by atoms with Crippen molar-refractivity contribution < 1.29 is 9.53 Å². The number of carbonyl (C=O) groups is 1. The maximum atomic E-state index is 12.0. The van der Waals surface area contributed by atoms with Gasteiger partial charge in [-0.15, -0.1) is 0 Å². The number of ether oxygens (including phenoxy) is 1. The molecule has 2 aliphatic rings. The zero-order valence-corrected chi connectivity index (χ0v) is 15.7. The van der Waals surface area contributed by atoms with E-state index in [0.717, 1.165) is 49.0 Å². The van der Waals surface area contributed by atoms with E-state index >= 15 is 0 Å². The molecular formula is C22H30O2. The Kier molecular flexibility index (Phi) is 6.04. The van der Waals surface area contributed by atoms with E-state index in [1.54, 1.807) is 6.08 Å².